The van der Waals surface area contributed by atoms with Gasteiger partial charge >= 0.3 is 6.09 Å². The van der Waals surface area contributed by atoms with E-state index in [9.17, 15) is 20.2 Å². The number of nitrogens with one attached hydrogen (secondary N) is 1. The van der Waals surface area contributed by atoms with E-state index in [-0.39, 0.29) is 44.9 Å². The van der Waals surface area contributed by atoms with Gasteiger partial charge in [0, 0.05) is 31.7 Å². The predicted octanol–water partition coefficient (Wildman–Crippen LogP) is 7.93. The number of nitro benzene ring substituents is 1. The molecular formula is C32H37Cl2N5O4S. The lowest BCUT2D eigenvalue weighted by Gasteiger charge is -2.42. The number of carbonyl (C=O) groups is 1. The number of hydrogen-bond acceptors (Lipinski definition) is 6. The molecule has 0 bridgehead atoms. The van der Waals surface area contributed by atoms with E-state index in [0.717, 1.165) is 38.5 Å². The number of carbonyl (C=O) groups excluding carboxylic acids is 1. The number of nitrogens with zero attached hydrogens (tertiary/aromatic N) is 4. The zero-order valence-corrected chi connectivity index (χ0v) is 27.5. The topological polar surface area (TPSA) is 112 Å². The van der Waals surface area contributed by atoms with E-state index >= 15 is 0 Å². The molecule has 2 saturated carbocycles. The van der Waals surface area contributed by atoms with Crippen LogP contribution in [-0.4, -0.2) is 57.2 Å². The van der Waals surface area contributed by atoms with Crippen molar-refractivity contribution in [3.8, 4) is 6.07 Å². The molecule has 2 aromatic rings. The number of thiocarbonyl (C=S) groups is 1. The van der Waals surface area contributed by atoms with Crippen molar-refractivity contribution < 1.29 is 14.5 Å². The highest BCUT2D eigenvalue weighted by Crippen LogP contribution is 2.63. The molecule has 44 heavy (non-hydrogen) atoms. The molecule has 9 nitrogen and oxygen atoms in total. The van der Waals surface area contributed by atoms with Gasteiger partial charge in [-0.3, -0.25) is 10.1 Å². The quantitative estimate of drug-likeness (QED) is 0.189. The fourth-order valence-electron chi connectivity index (χ4n) is 6.82. The van der Waals surface area contributed by atoms with Crippen LogP contribution in [0.5, 0.6) is 0 Å². The summed E-state index contributed by atoms with van der Waals surface area (Å²) in [5.41, 5.74) is 1.44. The van der Waals surface area contributed by atoms with Crippen LogP contribution in [0.15, 0.2) is 36.4 Å². The maximum Gasteiger partial charge on any atom is 0.410 e. The van der Waals surface area contributed by atoms with Crippen molar-refractivity contribution in [2.75, 3.05) is 25.0 Å². The summed E-state index contributed by atoms with van der Waals surface area (Å²) in [7, 11) is 0. The van der Waals surface area contributed by atoms with E-state index in [2.05, 4.69) is 22.4 Å². The Morgan fingerprint density at radius 2 is 1.93 bits per heavy atom. The molecular weight excluding hydrogens is 621 g/mol. The molecule has 1 heterocycles. The molecule has 1 N–H and O–H groups in total. The number of rotatable bonds is 6. The number of hydrogen-bond donors (Lipinski definition) is 1. The summed E-state index contributed by atoms with van der Waals surface area (Å²) < 4.78 is 5.57. The Hall–Kier alpha value is -3.13. The van der Waals surface area contributed by atoms with Gasteiger partial charge in [-0.15, -0.1) is 0 Å². The predicted molar refractivity (Wildman–Crippen MR) is 175 cm³/mol. The standard InChI is InChI=1S/C32H37Cl2N5O4S/c1-31(2,3)43-30(40)37-11-8-20(9-12-37)19-38(29(44)36-27-15-25(33)26(34)16-28(27)39(41)42)24-7-10-32(17-23(32)14-24)22-6-4-5-21(13-22)18-35/h4-6,13,15-16,20,23-24H,7-12,14,17,19H2,1-3H3,(H,36,44). The van der Waals surface area contributed by atoms with Crippen LogP contribution in [0, 0.1) is 33.3 Å². The second kappa shape index (κ2) is 12.7. The van der Waals surface area contributed by atoms with Gasteiger partial charge in [0.05, 0.1) is 26.6 Å². The van der Waals surface area contributed by atoms with E-state index in [1.165, 1.54) is 17.7 Å². The fraction of sp³-hybridized carbons (Fsp3) is 0.531. The molecule has 3 aliphatic rings. The molecule has 0 aromatic heterocycles. The van der Waals surface area contributed by atoms with Crippen molar-refractivity contribution >= 4 is 58.0 Å². The van der Waals surface area contributed by atoms with E-state index in [1.54, 1.807) is 4.90 Å². The second-order valence-corrected chi connectivity index (χ2v) is 14.4. The molecule has 0 spiro atoms. The summed E-state index contributed by atoms with van der Waals surface area (Å²) in [5, 5.41) is 25.1. The van der Waals surface area contributed by atoms with Crippen LogP contribution >= 0.6 is 35.4 Å². The van der Waals surface area contributed by atoms with Gasteiger partial charge in [0.2, 0.25) is 0 Å². The fourth-order valence-corrected chi connectivity index (χ4v) is 7.48. The summed E-state index contributed by atoms with van der Waals surface area (Å²) >= 11 is 18.3. The third-order valence-electron chi connectivity index (χ3n) is 9.18. The number of nitro groups is 1. The first kappa shape index (κ1) is 32.3. The third kappa shape index (κ3) is 7.06. The molecule has 3 fully saturated rings. The molecule has 1 saturated heterocycles. The Balaban J connectivity index is 1.33. The lowest BCUT2D eigenvalue weighted by Crippen LogP contribution is -2.49. The third-order valence-corrected chi connectivity index (χ3v) is 10.2. The second-order valence-electron chi connectivity index (χ2n) is 13.2. The van der Waals surface area contributed by atoms with Crippen LogP contribution in [0.1, 0.15) is 70.4 Å². The van der Waals surface area contributed by atoms with Crippen LogP contribution in [0.3, 0.4) is 0 Å². The Kier molecular flexibility index (Phi) is 9.31. The molecule has 5 rings (SSSR count). The number of halogens is 2. The number of anilines is 1. The molecule has 1 amide bonds. The van der Waals surface area contributed by atoms with Crippen molar-refractivity contribution in [1.29, 1.82) is 5.26 Å². The van der Waals surface area contributed by atoms with Crippen molar-refractivity contribution in [3.63, 3.8) is 0 Å². The van der Waals surface area contributed by atoms with Crippen molar-refractivity contribution in [3.05, 3.63) is 67.7 Å². The first-order valence-corrected chi connectivity index (χ1v) is 16.2. The molecule has 2 aromatic carbocycles. The highest BCUT2D eigenvalue weighted by Gasteiger charge is 2.58. The minimum Gasteiger partial charge on any atom is -0.444 e. The first-order valence-electron chi connectivity index (χ1n) is 15.0. The highest BCUT2D eigenvalue weighted by molar-refractivity contribution is 7.80. The van der Waals surface area contributed by atoms with E-state index in [4.69, 9.17) is 40.2 Å². The number of fused-ring (bicyclic) bond motifs is 1. The lowest BCUT2D eigenvalue weighted by atomic mass is 9.79. The number of benzene rings is 2. The zero-order chi connectivity index (χ0) is 31.8. The van der Waals surface area contributed by atoms with Crippen molar-refractivity contribution in [2.24, 2.45) is 11.8 Å². The van der Waals surface area contributed by atoms with Gasteiger partial charge in [-0.25, -0.2) is 4.79 Å². The normalized spacial score (nSPS) is 23.2. The Morgan fingerprint density at radius 3 is 2.57 bits per heavy atom. The summed E-state index contributed by atoms with van der Waals surface area (Å²) in [6.45, 7) is 7.44. The monoisotopic (exact) mass is 657 g/mol. The summed E-state index contributed by atoms with van der Waals surface area (Å²) in [4.78, 5) is 27.9. The SMILES string of the molecule is CC(C)(C)OC(=O)N1CCC(CN(C(=S)Nc2cc(Cl)c(Cl)cc2[N+](=O)[O-])C2CCC3(c4cccc(C#N)c4)CC3C2)CC1. The maximum absolute atomic E-state index is 12.6. The minimum absolute atomic E-state index is 0.0886. The van der Waals surface area contributed by atoms with Crippen LogP contribution in [0.2, 0.25) is 10.0 Å². The number of amides is 1. The van der Waals surface area contributed by atoms with Crippen LogP contribution in [-0.2, 0) is 10.2 Å². The van der Waals surface area contributed by atoms with Gasteiger partial charge in [-0.2, -0.15) is 5.26 Å². The molecule has 234 valence electrons. The minimum atomic E-state index is -0.551. The molecule has 12 heteroatoms. The summed E-state index contributed by atoms with van der Waals surface area (Å²) in [6.07, 6.45) is 5.17. The molecule has 2 aliphatic carbocycles. The largest absolute Gasteiger partial charge is 0.444 e. The Labute approximate surface area is 273 Å². The number of likely N-dealkylation sites (tertiary alicyclic amines) is 1. The van der Waals surface area contributed by atoms with E-state index in [0.29, 0.717) is 36.2 Å². The zero-order valence-electron chi connectivity index (χ0n) is 25.1. The van der Waals surface area contributed by atoms with E-state index < -0.39 is 10.5 Å². The highest BCUT2D eigenvalue weighted by atomic mass is 35.5. The van der Waals surface area contributed by atoms with Crippen molar-refractivity contribution in [1.82, 2.24) is 9.80 Å². The van der Waals surface area contributed by atoms with Gasteiger partial charge in [0.1, 0.15) is 11.3 Å². The smallest absolute Gasteiger partial charge is 0.410 e. The number of nitriles is 1. The van der Waals surface area contributed by atoms with E-state index in [1.807, 2.05) is 39.0 Å². The van der Waals surface area contributed by atoms with Gasteiger partial charge in [0.15, 0.2) is 5.11 Å². The van der Waals surface area contributed by atoms with Gasteiger partial charge in [-0.05, 0) is 113 Å². The van der Waals surface area contributed by atoms with Gasteiger partial charge in [-0.1, -0.05) is 35.3 Å². The van der Waals surface area contributed by atoms with Crippen LogP contribution in [0.25, 0.3) is 0 Å². The summed E-state index contributed by atoms with van der Waals surface area (Å²) in [6, 6.07) is 13.0. The summed E-state index contributed by atoms with van der Waals surface area (Å²) in [5.74, 6) is 0.740. The molecule has 0 radical (unpaired) electrons. The first-order chi connectivity index (χ1) is 20.8. The Bertz CT molecular complexity index is 1500. The van der Waals surface area contributed by atoms with Gasteiger partial charge < -0.3 is 19.9 Å². The van der Waals surface area contributed by atoms with Crippen LogP contribution in [0.4, 0.5) is 16.2 Å². The molecule has 3 unspecified atom stereocenters. The molecule has 3 atom stereocenters. The number of ether oxygens (including phenoxy) is 1. The molecule has 1 aliphatic heterocycles. The lowest BCUT2D eigenvalue weighted by molar-refractivity contribution is -0.383. The van der Waals surface area contributed by atoms with Crippen LogP contribution < -0.4 is 5.32 Å². The van der Waals surface area contributed by atoms with Crippen molar-refractivity contribution in [2.45, 2.75) is 76.4 Å². The average molecular weight is 659 g/mol. The Morgan fingerprint density at radius 1 is 1.23 bits per heavy atom. The average Bonchev–Trinajstić information content (AvgIpc) is 3.72. The maximum atomic E-state index is 12.6. The number of piperidine rings is 1. The van der Waals surface area contributed by atoms with Gasteiger partial charge in [0.25, 0.3) is 5.69 Å².